The van der Waals surface area contributed by atoms with E-state index in [1.807, 2.05) is 30.3 Å². The van der Waals surface area contributed by atoms with Crippen molar-refractivity contribution in [2.45, 2.75) is 19.4 Å². The fourth-order valence-electron chi connectivity index (χ4n) is 2.05. The topological polar surface area (TPSA) is 82.3 Å². The molecule has 1 atom stereocenters. The average Bonchev–Trinajstić information content (AvgIpc) is 2.52. The number of benzene rings is 1. The number of carbonyl (C=O) groups excluding carboxylic acids is 2. The van der Waals surface area contributed by atoms with Crippen LogP contribution in [0.5, 0.6) is 0 Å². The van der Waals surface area contributed by atoms with Crippen LogP contribution in [0.4, 0.5) is 0 Å². The van der Waals surface area contributed by atoms with Gasteiger partial charge in [-0.1, -0.05) is 30.3 Å². The molecule has 1 fully saturated rings. The molecule has 0 radical (unpaired) electrons. The largest absolute Gasteiger partial charge is 0.357 e. The Hall–Kier alpha value is -2.15. The molecule has 1 aromatic carbocycles. The highest BCUT2D eigenvalue weighted by Crippen LogP contribution is 2.10. The fraction of sp³-hybridized carbons (Fsp3) is 0.357. The van der Waals surface area contributed by atoms with Crippen molar-refractivity contribution >= 4 is 29.1 Å². The van der Waals surface area contributed by atoms with E-state index in [0.29, 0.717) is 24.6 Å². The van der Waals surface area contributed by atoms with Crippen LogP contribution in [0, 0.1) is 5.92 Å². The van der Waals surface area contributed by atoms with Gasteiger partial charge in [0, 0.05) is 13.1 Å². The van der Waals surface area contributed by atoms with Crippen molar-refractivity contribution in [1.82, 2.24) is 21.5 Å². The molecule has 0 spiro atoms. The molecule has 1 saturated heterocycles. The zero-order valence-electron chi connectivity index (χ0n) is 11.5. The van der Waals surface area contributed by atoms with Gasteiger partial charge in [-0.3, -0.25) is 20.4 Å². The Balaban J connectivity index is 1.71. The zero-order valence-corrected chi connectivity index (χ0v) is 12.3. The summed E-state index contributed by atoms with van der Waals surface area (Å²) in [5.74, 6) is -1.25. The molecule has 112 valence electrons. The highest BCUT2D eigenvalue weighted by molar-refractivity contribution is 7.80. The highest BCUT2D eigenvalue weighted by Gasteiger charge is 2.28. The number of hydrazine groups is 1. The predicted octanol–water partition coefficient (Wildman–Crippen LogP) is 0.208. The van der Waals surface area contributed by atoms with Gasteiger partial charge >= 0.3 is 0 Å². The Labute approximate surface area is 128 Å². The van der Waals surface area contributed by atoms with Crippen LogP contribution in [0.15, 0.2) is 30.3 Å². The second-order valence-electron chi connectivity index (χ2n) is 4.77. The molecule has 1 aliphatic rings. The van der Waals surface area contributed by atoms with Crippen LogP contribution in [0.1, 0.15) is 18.4 Å². The highest BCUT2D eigenvalue weighted by atomic mass is 32.1. The van der Waals surface area contributed by atoms with Gasteiger partial charge in [-0.15, -0.1) is 0 Å². The van der Waals surface area contributed by atoms with E-state index in [-0.39, 0.29) is 11.8 Å². The summed E-state index contributed by atoms with van der Waals surface area (Å²) in [5, 5.41) is 5.95. The first kappa shape index (κ1) is 15.2. The average molecular weight is 306 g/mol. The minimum absolute atomic E-state index is 0.233. The van der Waals surface area contributed by atoms with E-state index in [9.17, 15) is 9.59 Å². The first-order valence-electron chi connectivity index (χ1n) is 6.82. The summed E-state index contributed by atoms with van der Waals surface area (Å²) in [7, 11) is 0. The summed E-state index contributed by atoms with van der Waals surface area (Å²) in [4.78, 5) is 23.4. The van der Waals surface area contributed by atoms with Gasteiger partial charge in [-0.05, 0) is 30.6 Å². The van der Waals surface area contributed by atoms with Crippen LogP contribution in [0.2, 0.25) is 0 Å². The van der Waals surface area contributed by atoms with E-state index < -0.39 is 5.92 Å². The maximum atomic E-state index is 11.9. The van der Waals surface area contributed by atoms with Crippen LogP contribution in [-0.4, -0.2) is 23.5 Å². The molecule has 21 heavy (non-hydrogen) atoms. The van der Waals surface area contributed by atoms with Crippen molar-refractivity contribution in [1.29, 1.82) is 0 Å². The molecular weight excluding hydrogens is 288 g/mol. The molecule has 1 heterocycles. The van der Waals surface area contributed by atoms with E-state index >= 15 is 0 Å². The zero-order chi connectivity index (χ0) is 15.1. The molecule has 0 aliphatic carbocycles. The van der Waals surface area contributed by atoms with Crippen molar-refractivity contribution in [2.75, 3.05) is 6.54 Å². The third-order valence-electron chi connectivity index (χ3n) is 3.20. The minimum atomic E-state index is -0.650. The molecule has 2 amide bonds. The summed E-state index contributed by atoms with van der Waals surface area (Å²) in [6, 6.07) is 9.77. The molecule has 4 N–H and O–H groups in total. The third kappa shape index (κ3) is 4.71. The van der Waals surface area contributed by atoms with Gasteiger partial charge in [0.2, 0.25) is 5.91 Å². The number of thiocarbonyl (C=S) groups is 1. The van der Waals surface area contributed by atoms with Crippen molar-refractivity contribution in [2.24, 2.45) is 5.92 Å². The smallest absolute Gasteiger partial charge is 0.250 e. The number of nitrogens with one attached hydrogen (secondary N) is 4. The number of piperidine rings is 1. The molecule has 0 unspecified atom stereocenters. The van der Waals surface area contributed by atoms with Crippen molar-refractivity contribution < 1.29 is 9.59 Å². The van der Waals surface area contributed by atoms with Crippen LogP contribution in [0.3, 0.4) is 0 Å². The summed E-state index contributed by atoms with van der Waals surface area (Å²) in [6.07, 6.45) is 1.37. The van der Waals surface area contributed by atoms with Gasteiger partial charge in [0.25, 0.3) is 5.91 Å². The van der Waals surface area contributed by atoms with Crippen molar-refractivity contribution in [3.63, 3.8) is 0 Å². The van der Waals surface area contributed by atoms with Crippen LogP contribution < -0.4 is 21.5 Å². The summed E-state index contributed by atoms with van der Waals surface area (Å²) < 4.78 is 0. The Kier molecular flexibility index (Phi) is 5.51. The molecule has 2 rings (SSSR count). The normalized spacial score (nSPS) is 17.5. The number of amides is 2. The maximum absolute atomic E-state index is 11.9. The lowest BCUT2D eigenvalue weighted by Gasteiger charge is -2.21. The number of carbonyl (C=O) groups is 2. The molecule has 6 nitrogen and oxygen atoms in total. The van der Waals surface area contributed by atoms with Crippen molar-refractivity contribution in [3.05, 3.63) is 35.9 Å². The first-order chi connectivity index (χ1) is 10.2. The molecule has 0 aromatic heterocycles. The van der Waals surface area contributed by atoms with E-state index in [1.54, 1.807) is 0 Å². The quantitative estimate of drug-likeness (QED) is 0.365. The van der Waals surface area contributed by atoms with E-state index in [2.05, 4.69) is 21.5 Å². The lowest BCUT2D eigenvalue weighted by Crippen LogP contribution is -2.52. The van der Waals surface area contributed by atoms with Gasteiger partial charge in [-0.25, -0.2) is 0 Å². The van der Waals surface area contributed by atoms with Crippen LogP contribution >= 0.6 is 12.2 Å². The molecular formula is C14H18N4O2S. The van der Waals surface area contributed by atoms with E-state index in [4.69, 9.17) is 12.2 Å². The molecule has 1 aromatic rings. The monoisotopic (exact) mass is 306 g/mol. The lowest BCUT2D eigenvalue weighted by atomic mass is 9.98. The van der Waals surface area contributed by atoms with Crippen molar-refractivity contribution in [3.8, 4) is 0 Å². The SMILES string of the molecule is O=C1NCCC[C@H]1C(=O)NNC(=S)NCc1ccccc1. The second-order valence-corrected chi connectivity index (χ2v) is 5.18. The van der Waals surface area contributed by atoms with Crippen LogP contribution in [-0.2, 0) is 16.1 Å². The molecule has 1 aliphatic heterocycles. The number of hydrogen-bond donors (Lipinski definition) is 4. The molecule has 7 heteroatoms. The van der Waals surface area contributed by atoms with Gasteiger partial charge in [0.15, 0.2) is 5.11 Å². The molecule has 0 bridgehead atoms. The van der Waals surface area contributed by atoms with E-state index in [0.717, 1.165) is 12.0 Å². The molecule has 0 saturated carbocycles. The van der Waals surface area contributed by atoms with Gasteiger partial charge in [0.1, 0.15) is 5.92 Å². The van der Waals surface area contributed by atoms with Gasteiger partial charge in [0.05, 0.1) is 0 Å². The maximum Gasteiger partial charge on any atom is 0.250 e. The summed E-state index contributed by atoms with van der Waals surface area (Å²) in [6.45, 7) is 1.19. The summed E-state index contributed by atoms with van der Waals surface area (Å²) >= 11 is 5.06. The van der Waals surface area contributed by atoms with Crippen LogP contribution in [0.25, 0.3) is 0 Å². The Morgan fingerprint density at radius 3 is 2.76 bits per heavy atom. The summed E-state index contributed by atoms with van der Waals surface area (Å²) in [5.41, 5.74) is 6.16. The standard InChI is InChI=1S/C14H18N4O2S/c19-12-11(7-4-8-15-12)13(20)17-18-14(21)16-9-10-5-2-1-3-6-10/h1-3,5-6,11H,4,7-9H2,(H,15,19)(H,17,20)(H2,16,18,21)/t11-/m1/s1. The lowest BCUT2D eigenvalue weighted by molar-refractivity contribution is -0.137. The Bertz CT molecular complexity index is 521. The van der Waals surface area contributed by atoms with Gasteiger partial charge in [-0.2, -0.15) is 0 Å². The Morgan fingerprint density at radius 1 is 1.29 bits per heavy atom. The third-order valence-corrected chi connectivity index (χ3v) is 3.44. The second kappa shape index (κ2) is 7.58. The first-order valence-corrected chi connectivity index (χ1v) is 7.23. The predicted molar refractivity (Wildman–Crippen MR) is 82.9 cm³/mol. The minimum Gasteiger partial charge on any atom is -0.357 e. The van der Waals surface area contributed by atoms with E-state index in [1.165, 1.54) is 0 Å². The number of hydrogen-bond acceptors (Lipinski definition) is 3. The van der Waals surface area contributed by atoms with Gasteiger partial charge < -0.3 is 10.6 Å². The Morgan fingerprint density at radius 2 is 2.05 bits per heavy atom. The fourth-order valence-corrected chi connectivity index (χ4v) is 2.17. The number of rotatable bonds is 3.